The zero-order valence-corrected chi connectivity index (χ0v) is 17.0. The average molecular weight is 432 g/mol. The Morgan fingerprint density at radius 1 is 1.22 bits per heavy atom. The van der Waals surface area contributed by atoms with Gasteiger partial charge in [-0.3, -0.25) is 5.10 Å². The number of hydrogen-bond donors (Lipinski definition) is 2. The van der Waals surface area contributed by atoms with Crippen LogP contribution in [0.5, 0.6) is 0 Å². The van der Waals surface area contributed by atoms with E-state index in [0.29, 0.717) is 21.2 Å². The number of halogens is 3. The van der Waals surface area contributed by atoms with Crippen molar-refractivity contribution in [3.63, 3.8) is 0 Å². The second-order valence-electron chi connectivity index (χ2n) is 6.74. The molecule has 1 aliphatic rings. The lowest BCUT2D eigenvalue weighted by Crippen LogP contribution is -2.48. The summed E-state index contributed by atoms with van der Waals surface area (Å²) in [5.41, 5.74) is 8.81. The summed E-state index contributed by atoms with van der Waals surface area (Å²) < 4.78 is 0. The summed E-state index contributed by atoms with van der Waals surface area (Å²) in [5, 5.41) is 8.24. The molecule has 2 aromatic heterocycles. The minimum Gasteiger partial charge on any atom is -0.412 e. The fraction of sp³-hybridized carbons (Fsp3) is 0.353. The summed E-state index contributed by atoms with van der Waals surface area (Å²) in [6, 6.07) is 5.47. The molecule has 0 unspecified atom stereocenters. The van der Waals surface area contributed by atoms with Gasteiger partial charge in [-0.2, -0.15) is 5.10 Å². The van der Waals surface area contributed by atoms with Crippen LogP contribution < -0.4 is 10.6 Å². The number of H-pyrrole nitrogens is 1. The number of fused-ring (bicyclic) bond motifs is 1. The Kier molecular flexibility index (Phi) is 6.55. The number of anilines is 1. The monoisotopic (exact) mass is 430 g/mol. The van der Waals surface area contributed by atoms with Crippen molar-refractivity contribution < 1.29 is 5.48 Å². The molecule has 3 heterocycles. The Bertz CT molecular complexity index is 936. The number of benzene rings is 1. The molecule has 1 fully saturated rings. The van der Waals surface area contributed by atoms with Crippen molar-refractivity contribution in [1.29, 1.82) is 0 Å². The van der Waals surface area contributed by atoms with Crippen molar-refractivity contribution in [2.75, 3.05) is 18.0 Å². The summed E-state index contributed by atoms with van der Waals surface area (Å²) in [7, 11) is 0. The van der Waals surface area contributed by atoms with Gasteiger partial charge in [0.2, 0.25) is 5.65 Å². The molecule has 0 amide bonds. The second kappa shape index (κ2) is 8.16. The van der Waals surface area contributed by atoms with Gasteiger partial charge in [0.15, 0.2) is 0 Å². The maximum Gasteiger partial charge on any atom is 0.202 e. The van der Waals surface area contributed by atoms with Crippen molar-refractivity contribution >= 4 is 52.6 Å². The molecular formula is C17H21Cl3N6O. The molecule has 27 heavy (non-hydrogen) atoms. The summed E-state index contributed by atoms with van der Waals surface area (Å²) >= 11 is 12.4. The maximum atomic E-state index is 6.32. The van der Waals surface area contributed by atoms with Crippen LogP contribution in [0.25, 0.3) is 22.4 Å². The van der Waals surface area contributed by atoms with E-state index in [1.54, 1.807) is 12.3 Å². The normalized spacial score (nSPS) is 15.9. The molecule has 1 saturated heterocycles. The Balaban J connectivity index is 0.00000131. The van der Waals surface area contributed by atoms with Gasteiger partial charge in [-0.1, -0.05) is 35.3 Å². The second-order valence-corrected chi connectivity index (χ2v) is 7.53. The molecule has 0 saturated carbocycles. The van der Waals surface area contributed by atoms with Crippen LogP contribution in [-0.2, 0) is 0 Å². The van der Waals surface area contributed by atoms with Crippen molar-refractivity contribution in [3.8, 4) is 11.3 Å². The first kappa shape index (κ1) is 21.7. The molecule has 1 aliphatic heterocycles. The van der Waals surface area contributed by atoms with Crippen LogP contribution in [0, 0.1) is 0 Å². The molecule has 10 heteroatoms. The fourth-order valence-electron chi connectivity index (χ4n) is 3.07. The van der Waals surface area contributed by atoms with E-state index in [-0.39, 0.29) is 23.4 Å². The first-order valence-corrected chi connectivity index (χ1v) is 8.89. The third-order valence-electron chi connectivity index (χ3n) is 4.70. The standard InChI is InChI=1S/C17H18Cl2N6.ClH.H2O/c1-17(20)5-7-25(8-6-17)12-9-21-15-14(23-24-16(15)22-12)10-3-2-4-11(18)13(10)19;;/h2-4,9H,5-8,20H2,1H3,(H,22,23,24);1H;1H2. The molecule has 5 N–H and O–H groups in total. The van der Waals surface area contributed by atoms with Gasteiger partial charge in [-0.05, 0) is 25.8 Å². The van der Waals surface area contributed by atoms with E-state index in [2.05, 4.69) is 32.0 Å². The Hall–Kier alpha value is -1.64. The molecule has 0 radical (unpaired) electrons. The Morgan fingerprint density at radius 2 is 1.93 bits per heavy atom. The summed E-state index contributed by atoms with van der Waals surface area (Å²) in [6.45, 7) is 3.82. The summed E-state index contributed by atoms with van der Waals surface area (Å²) in [5.74, 6) is 0.818. The first-order chi connectivity index (χ1) is 11.9. The van der Waals surface area contributed by atoms with Crippen molar-refractivity contribution in [3.05, 3.63) is 34.4 Å². The topological polar surface area (TPSA) is 115 Å². The van der Waals surface area contributed by atoms with Crippen LogP contribution in [0.2, 0.25) is 10.0 Å². The smallest absolute Gasteiger partial charge is 0.202 e. The molecule has 0 aliphatic carbocycles. The van der Waals surface area contributed by atoms with Gasteiger partial charge in [0.25, 0.3) is 0 Å². The Morgan fingerprint density at radius 3 is 2.63 bits per heavy atom. The lowest BCUT2D eigenvalue weighted by molar-refractivity contribution is 0.363. The molecular weight excluding hydrogens is 411 g/mol. The van der Waals surface area contributed by atoms with Crippen LogP contribution >= 0.6 is 35.6 Å². The van der Waals surface area contributed by atoms with E-state index >= 15 is 0 Å². The number of aromatic nitrogens is 4. The highest BCUT2D eigenvalue weighted by Gasteiger charge is 2.27. The van der Waals surface area contributed by atoms with Gasteiger partial charge in [-0.15, -0.1) is 12.4 Å². The maximum absolute atomic E-state index is 6.32. The SMILES string of the molecule is CC1(N)CCN(c2cnc3c(-c4cccc(Cl)c4Cl)[nH]nc3n2)CC1.Cl.O. The minimum atomic E-state index is -0.100. The van der Waals surface area contributed by atoms with Gasteiger partial charge in [0, 0.05) is 24.2 Å². The van der Waals surface area contributed by atoms with Crippen LogP contribution in [0.15, 0.2) is 24.4 Å². The van der Waals surface area contributed by atoms with E-state index in [4.69, 9.17) is 28.9 Å². The van der Waals surface area contributed by atoms with Gasteiger partial charge in [-0.25, -0.2) is 9.97 Å². The number of aromatic amines is 1. The number of nitrogens with two attached hydrogens (primary N) is 1. The fourth-order valence-corrected chi connectivity index (χ4v) is 3.47. The first-order valence-electron chi connectivity index (χ1n) is 8.14. The largest absolute Gasteiger partial charge is 0.412 e. The van der Waals surface area contributed by atoms with Crippen LogP contribution in [0.1, 0.15) is 19.8 Å². The third kappa shape index (κ3) is 4.12. The number of rotatable bonds is 2. The number of piperidine rings is 1. The van der Waals surface area contributed by atoms with E-state index < -0.39 is 0 Å². The van der Waals surface area contributed by atoms with E-state index in [1.807, 2.05) is 12.1 Å². The van der Waals surface area contributed by atoms with Crippen molar-refractivity contribution in [1.82, 2.24) is 20.2 Å². The highest BCUT2D eigenvalue weighted by molar-refractivity contribution is 6.43. The molecule has 7 nitrogen and oxygen atoms in total. The van der Waals surface area contributed by atoms with Crippen LogP contribution in [-0.4, -0.2) is 44.3 Å². The van der Waals surface area contributed by atoms with Gasteiger partial charge in [0.1, 0.15) is 11.3 Å². The third-order valence-corrected chi connectivity index (χ3v) is 5.52. The minimum absolute atomic E-state index is 0. The highest BCUT2D eigenvalue weighted by atomic mass is 35.5. The van der Waals surface area contributed by atoms with Gasteiger partial charge >= 0.3 is 0 Å². The lowest BCUT2D eigenvalue weighted by atomic mass is 9.91. The molecule has 4 rings (SSSR count). The molecule has 0 spiro atoms. The molecule has 1 aromatic carbocycles. The highest BCUT2D eigenvalue weighted by Crippen LogP contribution is 2.35. The number of nitrogens with zero attached hydrogens (tertiary/aromatic N) is 4. The number of nitrogens with one attached hydrogen (secondary N) is 1. The molecule has 0 atom stereocenters. The summed E-state index contributed by atoms with van der Waals surface area (Å²) in [4.78, 5) is 11.4. The number of hydrogen-bond acceptors (Lipinski definition) is 5. The van der Waals surface area contributed by atoms with E-state index in [1.165, 1.54) is 0 Å². The van der Waals surface area contributed by atoms with E-state index in [9.17, 15) is 0 Å². The zero-order valence-electron chi connectivity index (χ0n) is 14.7. The predicted molar refractivity (Wildman–Crippen MR) is 112 cm³/mol. The van der Waals surface area contributed by atoms with E-state index in [0.717, 1.165) is 43.0 Å². The summed E-state index contributed by atoms with van der Waals surface area (Å²) in [6.07, 6.45) is 3.63. The van der Waals surface area contributed by atoms with Gasteiger partial charge < -0.3 is 16.1 Å². The zero-order chi connectivity index (χ0) is 17.6. The lowest BCUT2D eigenvalue weighted by Gasteiger charge is -2.37. The molecule has 3 aromatic rings. The average Bonchev–Trinajstić information content (AvgIpc) is 3.00. The predicted octanol–water partition coefficient (Wildman–Crippen LogP) is 3.24. The van der Waals surface area contributed by atoms with Crippen LogP contribution in [0.4, 0.5) is 5.82 Å². The van der Waals surface area contributed by atoms with Crippen molar-refractivity contribution in [2.24, 2.45) is 5.73 Å². The quantitative estimate of drug-likeness (QED) is 0.646. The molecule has 0 bridgehead atoms. The molecule has 146 valence electrons. The van der Waals surface area contributed by atoms with Crippen LogP contribution in [0.3, 0.4) is 0 Å². The Labute approximate surface area is 173 Å². The van der Waals surface area contributed by atoms with Crippen molar-refractivity contribution in [2.45, 2.75) is 25.3 Å². The van der Waals surface area contributed by atoms with Gasteiger partial charge in [0.05, 0.1) is 21.9 Å².